The van der Waals surface area contributed by atoms with Crippen molar-refractivity contribution in [3.05, 3.63) is 65.5 Å². The molecule has 0 atom stereocenters. The lowest BCUT2D eigenvalue weighted by Crippen LogP contribution is -2.38. The van der Waals surface area contributed by atoms with E-state index in [0.717, 1.165) is 11.5 Å². The molecule has 2 heterocycles. The summed E-state index contributed by atoms with van der Waals surface area (Å²) in [4.78, 5) is 41.4. The van der Waals surface area contributed by atoms with Crippen LogP contribution >= 0.6 is 11.8 Å². The van der Waals surface area contributed by atoms with Crippen LogP contribution in [-0.4, -0.2) is 61.6 Å². The number of hydrogen-bond donors (Lipinski definition) is 0. The number of thioether (sulfide) groups is 1. The summed E-state index contributed by atoms with van der Waals surface area (Å²) in [6, 6.07) is 7.01. The first kappa shape index (κ1) is 20.7. The summed E-state index contributed by atoms with van der Waals surface area (Å²) in [6.45, 7) is 1.34. The van der Waals surface area contributed by atoms with Crippen molar-refractivity contribution >= 4 is 35.3 Å². The molecule has 2 aliphatic rings. The maximum Gasteiger partial charge on any atom is 0.355 e. The van der Waals surface area contributed by atoms with E-state index in [1.54, 1.807) is 47.5 Å². The predicted octanol–water partition coefficient (Wildman–Crippen LogP) is 2.37. The number of esters is 2. The summed E-state index contributed by atoms with van der Waals surface area (Å²) >= 11 is 1.82. The van der Waals surface area contributed by atoms with E-state index in [4.69, 9.17) is 9.47 Å². The number of methoxy groups -OCH3 is 2. The Morgan fingerprint density at radius 3 is 2.34 bits per heavy atom. The van der Waals surface area contributed by atoms with Gasteiger partial charge >= 0.3 is 11.9 Å². The molecule has 3 rings (SSSR count). The van der Waals surface area contributed by atoms with E-state index in [0.29, 0.717) is 24.3 Å². The predicted molar refractivity (Wildman–Crippen MR) is 111 cm³/mol. The zero-order valence-corrected chi connectivity index (χ0v) is 17.1. The van der Waals surface area contributed by atoms with Gasteiger partial charge in [-0.15, -0.1) is 0 Å². The molecule has 0 spiro atoms. The number of anilines is 1. The van der Waals surface area contributed by atoms with Gasteiger partial charge in [0.1, 0.15) is 5.70 Å². The number of para-hydroxylation sites is 1. The second-order valence-electron chi connectivity index (χ2n) is 6.24. The number of amides is 1. The summed E-state index contributed by atoms with van der Waals surface area (Å²) in [5, 5.41) is 0. The van der Waals surface area contributed by atoms with Gasteiger partial charge in [0.2, 0.25) is 0 Å². The molecule has 0 aliphatic carbocycles. The first-order valence-corrected chi connectivity index (χ1v) is 10.2. The highest BCUT2D eigenvalue weighted by atomic mass is 32.2. The molecule has 0 unspecified atom stereocenters. The number of benzene rings is 1. The maximum atomic E-state index is 13.2. The molecule has 0 saturated carbocycles. The Hall–Kier alpha value is -3.00. The largest absolute Gasteiger partial charge is 0.465 e. The van der Waals surface area contributed by atoms with Gasteiger partial charge in [0.25, 0.3) is 5.91 Å². The summed E-state index contributed by atoms with van der Waals surface area (Å²) < 4.78 is 9.77. The number of carbonyl (C=O) groups excluding carboxylic acids is 3. The van der Waals surface area contributed by atoms with Gasteiger partial charge in [0.15, 0.2) is 0 Å². The van der Waals surface area contributed by atoms with Crippen molar-refractivity contribution in [1.82, 2.24) is 4.90 Å². The maximum absolute atomic E-state index is 13.2. The topological polar surface area (TPSA) is 76.2 Å². The number of allylic oxidation sites excluding steroid dienone is 2. The van der Waals surface area contributed by atoms with Crippen LogP contribution in [0.3, 0.4) is 0 Å². The summed E-state index contributed by atoms with van der Waals surface area (Å²) in [7, 11) is 2.48. The third-order valence-corrected chi connectivity index (χ3v) is 5.52. The Bertz CT molecular complexity index is 900. The SMILES string of the molecule is COC(=O)C1=C(C(=O)OC)N(c2ccccc2C(=O)N2CCSCC2)C=CC=C1. The molecule has 1 aromatic carbocycles. The minimum atomic E-state index is -0.710. The second-order valence-corrected chi connectivity index (χ2v) is 7.46. The Labute approximate surface area is 173 Å². The van der Waals surface area contributed by atoms with E-state index in [-0.39, 0.29) is 17.2 Å². The summed E-state index contributed by atoms with van der Waals surface area (Å²) in [5.74, 6) is 0.281. The number of nitrogens with zero attached hydrogens (tertiary/aromatic N) is 2. The van der Waals surface area contributed by atoms with Crippen molar-refractivity contribution in [2.45, 2.75) is 0 Å². The fourth-order valence-electron chi connectivity index (χ4n) is 3.15. The van der Waals surface area contributed by atoms with Gasteiger partial charge in [-0.05, 0) is 24.3 Å². The molecule has 152 valence electrons. The quantitative estimate of drug-likeness (QED) is 0.700. The lowest BCUT2D eigenvalue weighted by molar-refractivity contribution is -0.139. The number of carbonyl (C=O) groups is 3. The Morgan fingerprint density at radius 1 is 0.966 bits per heavy atom. The van der Waals surface area contributed by atoms with E-state index in [2.05, 4.69) is 0 Å². The normalized spacial score (nSPS) is 16.5. The molecule has 0 N–H and O–H groups in total. The molecule has 1 aromatic rings. The third-order valence-electron chi connectivity index (χ3n) is 4.58. The van der Waals surface area contributed by atoms with Crippen molar-refractivity contribution in [1.29, 1.82) is 0 Å². The molecule has 1 fully saturated rings. The van der Waals surface area contributed by atoms with Crippen LogP contribution in [0.25, 0.3) is 0 Å². The van der Waals surface area contributed by atoms with Gasteiger partial charge in [-0.2, -0.15) is 11.8 Å². The molecule has 8 heteroatoms. The summed E-state index contributed by atoms with van der Waals surface area (Å²) in [6.07, 6.45) is 6.41. The highest BCUT2D eigenvalue weighted by Gasteiger charge is 2.30. The minimum Gasteiger partial charge on any atom is -0.465 e. The lowest BCUT2D eigenvalue weighted by atomic mass is 10.1. The van der Waals surface area contributed by atoms with Gasteiger partial charge in [0, 0.05) is 30.8 Å². The van der Waals surface area contributed by atoms with E-state index in [1.165, 1.54) is 25.2 Å². The standard InChI is InChI=1S/C21H22N2O5S/c1-27-20(25)16-8-5-6-10-23(18(16)21(26)28-2)17-9-4-3-7-15(17)19(24)22-11-13-29-14-12-22/h3-10H,11-14H2,1-2H3. The smallest absolute Gasteiger partial charge is 0.355 e. The van der Waals surface area contributed by atoms with Gasteiger partial charge < -0.3 is 19.3 Å². The highest BCUT2D eigenvalue weighted by molar-refractivity contribution is 7.99. The van der Waals surface area contributed by atoms with Crippen LogP contribution in [-0.2, 0) is 19.1 Å². The van der Waals surface area contributed by atoms with Gasteiger partial charge in [0.05, 0.1) is 31.0 Å². The van der Waals surface area contributed by atoms with Crippen molar-refractivity contribution in [2.75, 3.05) is 43.7 Å². The van der Waals surface area contributed by atoms with Crippen LogP contribution in [0.1, 0.15) is 10.4 Å². The van der Waals surface area contributed by atoms with Crippen LogP contribution in [0.4, 0.5) is 5.69 Å². The fraction of sp³-hybridized carbons (Fsp3) is 0.286. The first-order chi connectivity index (χ1) is 14.1. The summed E-state index contributed by atoms with van der Waals surface area (Å²) in [5.41, 5.74) is 0.953. The lowest BCUT2D eigenvalue weighted by Gasteiger charge is -2.29. The minimum absolute atomic E-state index is 0.0150. The molecular weight excluding hydrogens is 392 g/mol. The fourth-order valence-corrected chi connectivity index (χ4v) is 4.06. The number of hydrogen-bond acceptors (Lipinski definition) is 7. The third kappa shape index (κ3) is 4.37. The zero-order chi connectivity index (χ0) is 20.8. The molecule has 1 amide bonds. The Morgan fingerprint density at radius 2 is 1.66 bits per heavy atom. The van der Waals surface area contributed by atoms with E-state index in [9.17, 15) is 14.4 Å². The van der Waals surface area contributed by atoms with E-state index in [1.807, 2.05) is 11.8 Å². The van der Waals surface area contributed by atoms with Crippen LogP contribution < -0.4 is 4.90 Å². The van der Waals surface area contributed by atoms with E-state index < -0.39 is 11.9 Å². The highest BCUT2D eigenvalue weighted by Crippen LogP contribution is 2.30. The van der Waals surface area contributed by atoms with Crippen molar-refractivity contribution in [3.63, 3.8) is 0 Å². The van der Waals surface area contributed by atoms with E-state index >= 15 is 0 Å². The van der Waals surface area contributed by atoms with Crippen LogP contribution in [0.2, 0.25) is 0 Å². The molecule has 0 bridgehead atoms. The van der Waals surface area contributed by atoms with Crippen molar-refractivity contribution < 1.29 is 23.9 Å². The molecular formula is C21H22N2O5S. The average molecular weight is 414 g/mol. The second kappa shape index (κ2) is 9.47. The molecule has 2 aliphatic heterocycles. The monoisotopic (exact) mass is 414 g/mol. The van der Waals surface area contributed by atoms with Crippen LogP contribution in [0, 0.1) is 0 Å². The van der Waals surface area contributed by atoms with Crippen LogP contribution in [0.15, 0.2) is 60.0 Å². The average Bonchev–Trinajstić information content (AvgIpc) is 3.01. The van der Waals surface area contributed by atoms with Crippen LogP contribution in [0.5, 0.6) is 0 Å². The number of ether oxygens (including phenoxy) is 2. The first-order valence-electron chi connectivity index (χ1n) is 9.09. The Kier molecular flexibility index (Phi) is 6.77. The molecule has 7 nitrogen and oxygen atoms in total. The molecule has 29 heavy (non-hydrogen) atoms. The van der Waals surface area contributed by atoms with Gasteiger partial charge in [-0.25, -0.2) is 9.59 Å². The Balaban J connectivity index is 2.12. The molecule has 1 saturated heterocycles. The zero-order valence-electron chi connectivity index (χ0n) is 16.3. The number of rotatable bonds is 4. The molecule has 0 aromatic heterocycles. The van der Waals surface area contributed by atoms with Crippen molar-refractivity contribution in [3.8, 4) is 0 Å². The van der Waals surface area contributed by atoms with Crippen molar-refractivity contribution in [2.24, 2.45) is 0 Å². The molecule has 0 radical (unpaired) electrons. The van der Waals surface area contributed by atoms with Gasteiger partial charge in [-0.1, -0.05) is 18.2 Å². The van der Waals surface area contributed by atoms with Gasteiger partial charge in [-0.3, -0.25) is 4.79 Å².